The van der Waals surface area contributed by atoms with Gasteiger partial charge in [-0.05, 0) is 31.2 Å². The van der Waals surface area contributed by atoms with Gasteiger partial charge in [-0.3, -0.25) is 0 Å². The van der Waals surface area contributed by atoms with Crippen molar-refractivity contribution in [2.45, 2.75) is 13.0 Å². The average molecular weight is 334 g/mol. The molecule has 2 N–H and O–H groups in total. The maximum Gasteiger partial charge on any atom is 0.319 e. The number of methoxy groups -OCH3 is 1. The van der Waals surface area contributed by atoms with Gasteiger partial charge in [0.1, 0.15) is 6.10 Å². The highest BCUT2D eigenvalue weighted by atomic mass is 32.1. The van der Waals surface area contributed by atoms with E-state index >= 15 is 0 Å². The Labute approximate surface area is 138 Å². The van der Waals surface area contributed by atoms with E-state index in [1.807, 2.05) is 19.1 Å². The Hall–Kier alpha value is -2.25. The lowest BCUT2D eigenvalue weighted by molar-refractivity contribution is 0.107. The minimum atomic E-state index is -0.292. The van der Waals surface area contributed by atoms with Gasteiger partial charge in [-0.1, -0.05) is 0 Å². The van der Waals surface area contributed by atoms with E-state index in [2.05, 4.69) is 10.6 Å². The molecular weight excluding hydrogens is 316 g/mol. The number of ether oxygens (including phenoxy) is 3. The minimum absolute atomic E-state index is 0.156. The fourth-order valence-electron chi connectivity index (χ4n) is 2.26. The summed E-state index contributed by atoms with van der Waals surface area (Å²) < 4.78 is 16.0. The van der Waals surface area contributed by atoms with E-state index in [1.165, 1.54) is 4.88 Å². The third-order valence-corrected chi connectivity index (χ3v) is 4.53. The summed E-state index contributed by atoms with van der Waals surface area (Å²) in [5, 5.41) is 5.59. The number of urea groups is 1. The number of hydrogen-bond acceptors (Lipinski definition) is 5. The van der Waals surface area contributed by atoms with E-state index in [-0.39, 0.29) is 18.9 Å². The van der Waals surface area contributed by atoms with Crippen molar-refractivity contribution in [1.82, 2.24) is 5.32 Å². The third-order valence-electron chi connectivity index (χ3n) is 3.44. The lowest BCUT2D eigenvalue weighted by atomic mass is 10.2. The summed E-state index contributed by atoms with van der Waals surface area (Å²) in [7, 11) is 1.64. The zero-order valence-electron chi connectivity index (χ0n) is 12.9. The van der Waals surface area contributed by atoms with Gasteiger partial charge in [-0.15, -0.1) is 11.3 Å². The fourth-order valence-corrected chi connectivity index (χ4v) is 3.22. The van der Waals surface area contributed by atoms with Crippen LogP contribution in [0.15, 0.2) is 30.3 Å². The molecule has 1 aromatic heterocycles. The van der Waals surface area contributed by atoms with Gasteiger partial charge in [-0.25, -0.2) is 4.79 Å². The molecule has 0 spiro atoms. The molecule has 2 aromatic rings. The molecule has 122 valence electrons. The number of fused-ring (bicyclic) bond motifs is 1. The quantitative estimate of drug-likeness (QED) is 0.880. The van der Waals surface area contributed by atoms with E-state index in [0.717, 1.165) is 4.88 Å². The number of hydrogen-bond donors (Lipinski definition) is 2. The number of benzene rings is 1. The predicted molar refractivity (Wildman–Crippen MR) is 88.4 cm³/mol. The Morgan fingerprint density at radius 1 is 1.30 bits per heavy atom. The molecule has 0 radical (unpaired) electrons. The maximum absolute atomic E-state index is 12.0. The number of nitrogens with one attached hydrogen (secondary N) is 2. The summed E-state index contributed by atoms with van der Waals surface area (Å²) in [5.74, 6) is 1.31. The van der Waals surface area contributed by atoms with Crippen molar-refractivity contribution in [2.75, 3.05) is 25.8 Å². The first-order valence-electron chi connectivity index (χ1n) is 7.19. The van der Waals surface area contributed by atoms with Gasteiger partial charge in [0.05, 0.1) is 6.54 Å². The van der Waals surface area contributed by atoms with Crippen LogP contribution in [0.1, 0.15) is 15.9 Å². The highest BCUT2D eigenvalue weighted by Crippen LogP contribution is 2.34. The molecule has 0 saturated heterocycles. The fraction of sp³-hybridized carbons (Fsp3) is 0.312. The van der Waals surface area contributed by atoms with Gasteiger partial charge < -0.3 is 24.8 Å². The van der Waals surface area contributed by atoms with E-state index in [0.29, 0.717) is 23.7 Å². The first-order chi connectivity index (χ1) is 11.2. The van der Waals surface area contributed by atoms with E-state index < -0.39 is 0 Å². The minimum Gasteiger partial charge on any atom is -0.454 e. The van der Waals surface area contributed by atoms with Crippen molar-refractivity contribution in [2.24, 2.45) is 0 Å². The lowest BCUT2D eigenvalue weighted by Gasteiger charge is -2.15. The second-order valence-electron chi connectivity index (χ2n) is 5.08. The molecule has 2 heterocycles. The van der Waals surface area contributed by atoms with Gasteiger partial charge in [0.25, 0.3) is 0 Å². The van der Waals surface area contributed by atoms with Crippen LogP contribution >= 0.6 is 11.3 Å². The zero-order valence-corrected chi connectivity index (χ0v) is 13.7. The predicted octanol–water partition coefficient (Wildman–Crippen LogP) is 3.29. The molecule has 0 aliphatic carbocycles. The molecule has 0 saturated carbocycles. The van der Waals surface area contributed by atoms with Gasteiger partial charge in [-0.2, -0.15) is 0 Å². The van der Waals surface area contributed by atoms with Crippen LogP contribution in [0, 0.1) is 6.92 Å². The topological polar surface area (TPSA) is 68.8 Å². The summed E-state index contributed by atoms with van der Waals surface area (Å²) in [6.07, 6.45) is -0.156. The average Bonchev–Trinajstić information content (AvgIpc) is 3.16. The Balaban J connectivity index is 1.54. The van der Waals surface area contributed by atoms with E-state index in [4.69, 9.17) is 14.2 Å². The third kappa shape index (κ3) is 3.75. The molecular formula is C16H18N2O4S. The van der Waals surface area contributed by atoms with Crippen molar-refractivity contribution < 1.29 is 19.0 Å². The van der Waals surface area contributed by atoms with Crippen LogP contribution in [-0.2, 0) is 4.74 Å². The smallest absolute Gasteiger partial charge is 0.319 e. The summed E-state index contributed by atoms with van der Waals surface area (Å²) in [6, 6.07) is 9.04. The Morgan fingerprint density at radius 2 is 2.13 bits per heavy atom. The Morgan fingerprint density at radius 3 is 2.87 bits per heavy atom. The Kier molecular flexibility index (Phi) is 4.68. The SMILES string of the molecule is CO[C@H](CNC(=O)Nc1ccc2c(c1)OCO2)c1ccc(C)s1. The van der Waals surface area contributed by atoms with Crippen LogP contribution in [0.2, 0.25) is 0 Å². The van der Waals surface area contributed by atoms with Crippen molar-refractivity contribution in [3.05, 3.63) is 40.1 Å². The summed E-state index contributed by atoms with van der Waals surface area (Å²) in [4.78, 5) is 14.3. The highest BCUT2D eigenvalue weighted by molar-refractivity contribution is 7.12. The second-order valence-corrected chi connectivity index (χ2v) is 6.40. The molecule has 0 bridgehead atoms. The molecule has 7 heteroatoms. The Bertz CT molecular complexity index is 701. The second kappa shape index (κ2) is 6.89. The number of rotatable bonds is 5. The molecule has 0 unspecified atom stereocenters. The van der Waals surface area contributed by atoms with Crippen molar-refractivity contribution in [3.8, 4) is 11.5 Å². The lowest BCUT2D eigenvalue weighted by Crippen LogP contribution is -2.32. The van der Waals surface area contributed by atoms with Gasteiger partial charge in [0, 0.05) is 28.6 Å². The van der Waals surface area contributed by atoms with Crippen LogP contribution in [-0.4, -0.2) is 26.5 Å². The zero-order chi connectivity index (χ0) is 16.2. The van der Waals surface area contributed by atoms with Gasteiger partial charge in [0.15, 0.2) is 11.5 Å². The van der Waals surface area contributed by atoms with Crippen LogP contribution in [0.5, 0.6) is 11.5 Å². The molecule has 1 aromatic carbocycles. The number of aryl methyl sites for hydroxylation is 1. The van der Waals surface area contributed by atoms with Crippen molar-refractivity contribution in [3.63, 3.8) is 0 Å². The maximum atomic E-state index is 12.0. The highest BCUT2D eigenvalue weighted by Gasteiger charge is 2.16. The standard InChI is InChI=1S/C16H18N2O4S/c1-10-3-6-15(23-10)14(20-2)8-17-16(19)18-11-4-5-12-13(7-11)22-9-21-12/h3-7,14H,8-9H2,1-2H3,(H2,17,18,19)/t14-/m1/s1. The number of anilines is 1. The molecule has 1 atom stereocenters. The first-order valence-corrected chi connectivity index (χ1v) is 8.01. The van der Waals surface area contributed by atoms with Crippen LogP contribution in [0.4, 0.5) is 10.5 Å². The molecule has 23 heavy (non-hydrogen) atoms. The summed E-state index contributed by atoms with van der Waals surface area (Å²) in [6.45, 7) is 2.65. The first kappa shape index (κ1) is 15.6. The van der Waals surface area contributed by atoms with Crippen LogP contribution in [0.3, 0.4) is 0 Å². The molecule has 1 aliphatic rings. The molecule has 6 nitrogen and oxygen atoms in total. The van der Waals surface area contributed by atoms with Gasteiger partial charge >= 0.3 is 6.03 Å². The number of carbonyl (C=O) groups is 1. The van der Waals surface area contributed by atoms with Crippen molar-refractivity contribution in [1.29, 1.82) is 0 Å². The summed E-state index contributed by atoms with van der Waals surface area (Å²) >= 11 is 1.66. The monoisotopic (exact) mass is 334 g/mol. The van der Waals surface area contributed by atoms with Crippen molar-refractivity contribution >= 4 is 23.1 Å². The van der Waals surface area contributed by atoms with Crippen LogP contribution < -0.4 is 20.1 Å². The summed E-state index contributed by atoms with van der Waals surface area (Å²) in [5.41, 5.74) is 0.646. The molecule has 1 aliphatic heterocycles. The molecule has 2 amide bonds. The normalized spacial score (nSPS) is 13.7. The van der Waals surface area contributed by atoms with E-state index in [1.54, 1.807) is 36.6 Å². The number of amides is 2. The number of carbonyl (C=O) groups excluding carboxylic acids is 1. The number of thiophene rings is 1. The molecule has 3 rings (SSSR count). The van der Waals surface area contributed by atoms with E-state index in [9.17, 15) is 4.79 Å². The van der Waals surface area contributed by atoms with Gasteiger partial charge in [0.2, 0.25) is 6.79 Å². The largest absolute Gasteiger partial charge is 0.454 e. The van der Waals surface area contributed by atoms with Crippen LogP contribution in [0.25, 0.3) is 0 Å². The molecule has 0 fully saturated rings.